The molecule has 25 heavy (non-hydrogen) atoms. The first-order chi connectivity index (χ1) is 12.1. The summed E-state index contributed by atoms with van der Waals surface area (Å²) in [6, 6.07) is 8.46. The smallest absolute Gasteiger partial charge is 0.385 e. The molecule has 0 amide bonds. The van der Waals surface area contributed by atoms with Gasteiger partial charge < -0.3 is 18.9 Å². The number of hydrogen-bond donors (Lipinski definition) is 0. The van der Waals surface area contributed by atoms with Crippen molar-refractivity contribution >= 4 is 32.4 Å². The second-order valence-corrected chi connectivity index (χ2v) is 6.44. The predicted molar refractivity (Wildman–Crippen MR) is 91.6 cm³/mol. The Morgan fingerprint density at radius 3 is 2.68 bits per heavy atom. The van der Waals surface area contributed by atoms with Gasteiger partial charge in [0.2, 0.25) is 0 Å². The van der Waals surface area contributed by atoms with Crippen LogP contribution in [0.3, 0.4) is 0 Å². The molecule has 9 nitrogen and oxygen atoms in total. The molecule has 5 atom stereocenters. The van der Waals surface area contributed by atoms with Crippen molar-refractivity contribution in [2.24, 2.45) is 5.11 Å². The maximum Gasteiger partial charge on any atom is 0.385 e. The van der Waals surface area contributed by atoms with Gasteiger partial charge in [-0.15, -0.1) is 0 Å². The lowest BCUT2D eigenvalue weighted by atomic mass is 9.97. The van der Waals surface area contributed by atoms with Crippen molar-refractivity contribution in [1.29, 1.82) is 0 Å². The number of carbonyl (C=O) groups excluding carboxylic acids is 2. The molecule has 1 aromatic rings. The van der Waals surface area contributed by atoms with Gasteiger partial charge in [0.1, 0.15) is 24.4 Å². The normalized spacial score (nSPS) is 31.3. The summed E-state index contributed by atoms with van der Waals surface area (Å²) in [5, 5.41) is 3.61. The molecular formula is C15H14IN3O6. The summed E-state index contributed by atoms with van der Waals surface area (Å²) < 4.78 is 21.7. The highest BCUT2D eigenvalue weighted by atomic mass is 127. The number of nitrogens with zero attached hydrogens (tertiary/aromatic N) is 3. The van der Waals surface area contributed by atoms with E-state index in [1.54, 1.807) is 0 Å². The quantitative estimate of drug-likeness (QED) is 0.129. The largest absolute Gasteiger partial charge is 0.453 e. The van der Waals surface area contributed by atoms with Crippen LogP contribution < -0.4 is 0 Å². The Labute approximate surface area is 156 Å². The summed E-state index contributed by atoms with van der Waals surface area (Å²) in [6.45, 7) is 0.265. The van der Waals surface area contributed by atoms with Crippen LogP contribution in [0.4, 0.5) is 0 Å². The average Bonchev–Trinajstić information content (AvgIpc) is 2.64. The Bertz CT molecular complexity index is 696. The lowest BCUT2D eigenvalue weighted by molar-refractivity contribution is -0.302. The van der Waals surface area contributed by atoms with Gasteiger partial charge >= 0.3 is 5.97 Å². The van der Waals surface area contributed by atoms with E-state index in [2.05, 4.69) is 10.0 Å². The van der Waals surface area contributed by atoms with Crippen LogP contribution in [0.15, 0.2) is 35.4 Å². The molecule has 132 valence electrons. The molecule has 0 aromatic heterocycles. The van der Waals surface area contributed by atoms with E-state index < -0.39 is 40.4 Å². The van der Waals surface area contributed by atoms with E-state index >= 15 is 0 Å². The lowest BCUT2D eigenvalue weighted by Crippen LogP contribution is -2.59. The van der Waals surface area contributed by atoms with Crippen molar-refractivity contribution in [2.75, 3.05) is 13.2 Å². The van der Waals surface area contributed by atoms with Gasteiger partial charge in [-0.2, -0.15) is 0 Å². The molecule has 2 saturated heterocycles. The van der Waals surface area contributed by atoms with E-state index in [1.807, 2.05) is 30.3 Å². The fourth-order valence-corrected chi connectivity index (χ4v) is 2.91. The van der Waals surface area contributed by atoms with E-state index in [-0.39, 0.29) is 13.2 Å². The van der Waals surface area contributed by atoms with Gasteiger partial charge in [-0.25, -0.2) is 4.79 Å². The Kier molecular flexibility index (Phi) is 5.86. The summed E-state index contributed by atoms with van der Waals surface area (Å²) in [5.74, 6) is -1.02. The third-order valence-corrected chi connectivity index (χ3v) is 4.36. The fraction of sp³-hybridized carbons (Fsp3) is 0.467. The van der Waals surface area contributed by atoms with Crippen molar-refractivity contribution in [2.45, 2.75) is 30.6 Å². The molecule has 0 saturated carbocycles. The lowest BCUT2D eigenvalue weighted by Gasteiger charge is -2.44. The van der Waals surface area contributed by atoms with Gasteiger partial charge in [0.25, 0.3) is 3.79 Å². The molecule has 0 N–H and O–H groups in total. The zero-order valence-corrected chi connectivity index (χ0v) is 15.0. The fourth-order valence-electron chi connectivity index (χ4n) is 2.78. The van der Waals surface area contributed by atoms with Gasteiger partial charge in [-0.1, -0.05) is 35.4 Å². The first-order valence-electron chi connectivity index (χ1n) is 7.48. The highest BCUT2D eigenvalue weighted by molar-refractivity contribution is 14.1. The molecule has 2 aliphatic rings. The summed E-state index contributed by atoms with van der Waals surface area (Å²) >= 11 is 1.34. The van der Waals surface area contributed by atoms with E-state index in [1.165, 1.54) is 22.6 Å². The Morgan fingerprint density at radius 1 is 1.24 bits per heavy atom. The van der Waals surface area contributed by atoms with Crippen LogP contribution in [-0.4, -0.2) is 47.3 Å². The summed E-state index contributed by atoms with van der Waals surface area (Å²) in [4.78, 5) is 25.7. The Morgan fingerprint density at radius 2 is 2.00 bits per heavy atom. The first-order valence-corrected chi connectivity index (χ1v) is 8.56. The topological polar surface area (TPSA) is 120 Å². The molecule has 2 aliphatic heterocycles. The van der Waals surface area contributed by atoms with Crippen LogP contribution in [0.5, 0.6) is 0 Å². The predicted octanol–water partition coefficient (Wildman–Crippen LogP) is 2.05. The van der Waals surface area contributed by atoms with Crippen molar-refractivity contribution in [3.8, 4) is 0 Å². The molecule has 0 bridgehead atoms. The standard InChI is InChI=1S/C15H14IN3O6/c16-13(20)14(21)24-11-9(18-19-17)6-22-10-7-23-15(25-12(10)11)8-4-2-1-3-5-8/h1-5,9-12,15H,6-7H2/t9?,10?,11?,12-,15?/m1/s1. The number of esters is 1. The van der Waals surface area contributed by atoms with Gasteiger partial charge in [-0.05, 0) is 5.53 Å². The van der Waals surface area contributed by atoms with E-state index in [0.717, 1.165) is 5.56 Å². The van der Waals surface area contributed by atoms with Crippen LogP contribution in [0, 0.1) is 0 Å². The van der Waals surface area contributed by atoms with Crippen molar-refractivity contribution < 1.29 is 28.5 Å². The van der Waals surface area contributed by atoms with Gasteiger partial charge in [-0.3, -0.25) is 4.79 Å². The number of azide groups is 1. The second kappa shape index (κ2) is 8.11. The summed E-state index contributed by atoms with van der Waals surface area (Å²) in [5.41, 5.74) is 9.53. The minimum absolute atomic E-state index is 0.0430. The van der Waals surface area contributed by atoms with Crippen LogP contribution in [0.1, 0.15) is 11.9 Å². The van der Waals surface area contributed by atoms with Crippen LogP contribution in [-0.2, 0) is 28.5 Å². The maximum absolute atomic E-state index is 11.7. The Balaban J connectivity index is 1.83. The number of benzene rings is 1. The molecule has 2 heterocycles. The summed E-state index contributed by atoms with van der Waals surface area (Å²) in [6.07, 6.45) is -2.82. The molecule has 3 rings (SSSR count). The zero-order chi connectivity index (χ0) is 17.8. The maximum atomic E-state index is 11.7. The average molecular weight is 459 g/mol. The number of carbonyl (C=O) groups is 2. The third kappa shape index (κ3) is 4.10. The molecular weight excluding hydrogens is 445 g/mol. The van der Waals surface area contributed by atoms with Crippen molar-refractivity contribution in [1.82, 2.24) is 0 Å². The monoisotopic (exact) mass is 459 g/mol. The van der Waals surface area contributed by atoms with E-state index in [4.69, 9.17) is 24.5 Å². The van der Waals surface area contributed by atoms with Gasteiger partial charge in [0.05, 0.1) is 13.2 Å². The molecule has 1 aromatic carbocycles. The molecule has 4 unspecified atom stereocenters. The minimum atomic E-state index is -1.02. The number of halogens is 1. The van der Waals surface area contributed by atoms with Gasteiger partial charge in [0, 0.05) is 33.1 Å². The highest BCUT2D eigenvalue weighted by Crippen LogP contribution is 2.34. The van der Waals surface area contributed by atoms with E-state index in [0.29, 0.717) is 0 Å². The number of hydrogen-bond acceptors (Lipinski definition) is 7. The van der Waals surface area contributed by atoms with E-state index in [9.17, 15) is 9.59 Å². The number of rotatable bonds is 4. The Hall–Kier alpha value is -1.72. The van der Waals surface area contributed by atoms with Gasteiger partial charge in [0.15, 0.2) is 6.29 Å². The highest BCUT2D eigenvalue weighted by Gasteiger charge is 2.48. The zero-order valence-electron chi connectivity index (χ0n) is 12.9. The second-order valence-electron chi connectivity index (χ2n) is 5.46. The molecule has 0 radical (unpaired) electrons. The molecule has 10 heteroatoms. The van der Waals surface area contributed by atoms with Crippen LogP contribution in [0.25, 0.3) is 10.4 Å². The van der Waals surface area contributed by atoms with Crippen molar-refractivity contribution in [3.63, 3.8) is 0 Å². The SMILES string of the molecule is [N-]=[N+]=NC1COC2COC(c3ccccc3)O[C@H]2C1OC(=O)C(=O)I. The van der Waals surface area contributed by atoms with Crippen molar-refractivity contribution in [3.05, 3.63) is 46.3 Å². The first kappa shape index (κ1) is 18.1. The summed E-state index contributed by atoms with van der Waals surface area (Å²) in [7, 11) is 0. The van der Waals surface area contributed by atoms with Crippen LogP contribution in [0.2, 0.25) is 0 Å². The third-order valence-electron chi connectivity index (χ3n) is 3.92. The number of fused-ring (bicyclic) bond motifs is 1. The van der Waals surface area contributed by atoms with Crippen LogP contribution >= 0.6 is 22.6 Å². The number of ether oxygens (including phenoxy) is 4. The molecule has 0 aliphatic carbocycles. The molecule has 2 fully saturated rings. The molecule has 0 spiro atoms. The minimum Gasteiger partial charge on any atom is -0.453 e.